The first-order valence-corrected chi connectivity index (χ1v) is 7.14. The molecule has 0 saturated heterocycles. The molecule has 0 aromatic rings. The fourth-order valence-electron chi connectivity index (χ4n) is 3.53. The molecule has 3 heteroatoms. The fourth-order valence-corrected chi connectivity index (χ4v) is 3.53. The number of aliphatic carboxylic acids is 1. The van der Waals surface area contributed by atoms with Crippen molar-refractivity contribution in [2.45, 2.75) is 76.3 Å². The van der Waals surface area contributed by atoms with Gasteiger partial charge in [-0.1, -0.05) is 32.1 Å². The van der Waals surface area contributed by atoms with Gasteiger partial charge in [-0.3, -0.25) is 10.1 Å². The van der Waals surface area contributed by atoms with Crippen molar-refractivity contribution in [2.24, 2.45) is 5.92 Å². The summed E-state index contributed by atoms with van der Waals surface area (Å²) < 4.78 is 0. The van der Waals surface area contributed by atoms with Crippen molar-refractivity contribution >= 4 is 5.97 Å². The largest absolute Gasteiger partial charge is 0.480 e. The van der Waals surface area contributed by atoms with Gasteiger partial charge in [0.25, 0.3) is 0 Å². The van der Waals surface area contributed by atoms with Gasteiger partial charge in [-0.05, 0) is 38.5 Å². The zero-order valence-electron chi connectivity index (χ0n) is 10.9. The van der Waals surface area contributed by atoms with Crippen LogP contribution in [0, 0.1) is 5.92 Å². The first-order chi connectivity index (χ1) is 8.13. The summed E-state index contributed by atoms with van der Waals surface area (Å²) in [6, 6.07) is 0.429. The van der Waals surface area contributed by atoms with Gasteiger partial charge in [0.15, 0.2) is 0 Å². The highest BCUT2D eigenvalue weighted by Gasteiger charge is 2.43. The van der Waals surface area contributed by atoms with Crippen molar-refractivity contribution in [3.63, 3.8) is 0 Å². The molecular formula is C14H25NO2. The number of carboxylic acid groups (broad SMARTS) is 1. The number of hydrogen-bond acceptors (Lipinski definition) is 2. The van der Waals surface area contributed by atoms with Crippen LogP contribution in [-0.4, -0.2) is 22.7 Å². The van der Waals surface area contributed by atoms with Gasteiger partial charge in [0.2, 0.25) is 0 Å². The highest BCUT2D eigenvalue weighted by atomic mass is 16.4. The van der Waals surface area contributed by atoms with E-state index in [2.05, 4.69) is 5.32 Å². The third-order valence-electron chi connectivity index (χ3n) is 4.73. The molecule has 98 valence electrons. The standard InChI is InChI=1S/C14H25NO2/c1-14(13(16)17,11-7-3-2-4-8-11)15-12-9-5-6-10-12/h11-12,15H,2-10H2,1H3,(H,16,17). The molecule has 2 aliphatic carbocycles. The van der Waals surface area contributed by atoms with E-state index in [-0.39, 0.29) is 0 Å². The Hall–Kier alpha value is -0.570. The Morgan fingerprint density at radius 3 is 2.12 bits per heavy atom. The minimum absolute atomic E-state index is 0.314. The molecule has 0 radical (unpaired) electrons. The highest BCUT2D eigenvalue weighted by Crippen LogP contribution is 2.34. The Morgan fingerprint density at radius 2 is 1.59 bits per heavy atom. The first-order valence-electron chi connectivity index (χ1n) is 7.14. The van der Waals surface area contributed by atoms with Crippen LogP contribution >= 0.6 is 0 Å². The summed E-state index contributed by atoms with van der Waals surface area (Å²) >= 11 is 0. The Balaban J connectivity index is 2.04. The first kappa shape index (κ1) is 12.9. The van der Waals surface area contributed by atoms with E-state index >= 15 is 0 Å². The average molecular weight is 239 g/mol. The lowest BCUT2D eigenvalue weighted by Gasteiger charge is -2.39. The molecule has 0 heterocycles. The van der Waals surface area contributed by atoms with Gasteiger partial charge in [0, 0.05) is 6.04 Å². The van der Waals surface area contributed by atoms with Gasteiger partial charge in [0.1, 0.15) is 5.54 Å². The fraction of sp³-hybridized carbons (Fsp3) is 0.929. The van der Waals surface area contributed by atoms with Crippen molar-refractivity contribution < 1.29 is 9.90 Å². The van der Waals surface area contributed by atoms with E-state index < -0.39 is 11.5 Å². The predicted molar refractivity (Wildman–Crippen MR) is 68.0 cm³/mol. The third-order valence-corrected chi connectivity index (χ3v) is 4.73. The molecule has 0 aliphatic heterocycles. The average Bonchev–Trinajstić information content (AvgIpc) is 2.82. The second-order valence-electron chi connectivity index (χ2n) is 5.97. The van der Waals surface area contributed by atoms with Crippen molar-refractivity contribution in [2.75, 3.05) is 0 Å². The third kappa shape index (κ3) is 2.82. The summed E-state index contributed by atoms with van der Waals surface area (Å²) in [5, 5.41) is 13.0. The van der Waals surface area contributed by atoms with Crippen LogP contribution in [0.3, 0.4) is 0 Å². The molecule has 1 unspecified atom stereocenters. The minimum Gasteiger partial charge on any atom is -0.480 e. The second-order valence-corrected chi connectivity index (χ2v) is 5.97. The van der Waals surface area contributed by atoms with Gasteiger partial charge >= 0.3 is 5.97 Å². The minimum atomic E-state index is -0.699. The SMILES string of the molecule is CC(NC1CCCC1)(C(=O)O)C1CCCCC1. The number of carbonyl (C=O) groups is 1. The molecule has 3 nitrogen and oxygen atoms in total. The van der Waals surface area contributed by atoms with Gasteiger partial charge in [-0.15, -0.1) is 0 Å². The quantitative estimate of drug-likeness (QED) is 0.793. The lowest BCUT2D eigenvalue weighted by molar-refractivity contribution is -0.147. The van der Waals surface area contributed by atoms with Crippen molar-refractivity contribution in [3.8, 4) is 0 Å². The zero-order chi connectivity index (χ0) is 12.3. The van der Waals surface area contributed by atoms with Crippen LogP contribution in [0.25, 0.3) is 0 Å². The normalized spacial score (nSPS) is 26.9. The number of rotatable bonds is 4. The molecule has 1 atom stereocenters. The van der Waals surface area contributed by atoms with E-state index in [0.29, 0.717) is 12.0 Å². The zero-order valence-corrected chi connectivity index (χ0v) is 10.9. The van der Waals surface area contributed by atoms with Gasteiger partial charge in [-0.2, -0.15) is 0 Å². The Kier molecular flexibility index (Phi) is 4.08. The summed E-state index contributed by atoms with van der Waals surface area (Å²) in [5.74, 6) is -0.342. The van der Waals surface area contributed by atoms with E-state index in [1.165, 1.54) is 32.1 Å². The molecule has 2 fully saturated rings. The highest BCUT2D eigenvalue weighted by molar-refractivity contribution is 5.78. The molecule has 17 heavy (non-hydrogen) atoms. The van der Waals surface area contributed by atoms with E-state index in [1.807, 2.05) is 6.92 Å². The maximum absolute atomic E-state index is 11.6. The monoisotopic (exact) mass is 239 g/mol. The second kappa shape index (κ2) is 5.38. The molecule has 2 N–H and O–H groups in total. The van der Waals surface area contributed by atoms with Gasteiger partial charge in [-0.25, -0.2) is 0 Å². The van der Waals surface area contributed by atoms with E-state index in [4.69, 9.17) is 0 Å². The lowest BCUT2D eigenvalue weighted by atomic mass is 9.75. The maximum atomic E-state index is 11.6. The Bertz CT molecular complexity index is 267. The molecule has 0 spiro atoms. The smallest absolute Gasteiger partial charge is 0.323 e. The summed E-state index contributed by atoms with van der Waals surface area (Å²) in [4.78, 5) is 11.6. The van der Waals surface area contributed by atoms with Crippen LogP contribution in [0.4, 0.5) is 0 Å². The van der Waals surface area contributed by atoms with Crippen LogP contribution in [0.5, 0.6) is 0 Å². The number of nitrogens with one attached hydrogen (secondary N) is 1. The molecule has 2 saturated carbocycles. The van der Waals surface area contributed by atoms with Crippen LogP contribution in [0.15, 0.2) is 0 Å². The molecular weight excluding hydrogens is 214 g/mol. The Labute approximate surface area is 104 Å². The molecule has 0 bridgehead atoms. The van der Waals surface area contributed by atoms with Crippen molar-refractivity contribution in [1.29, 1.82) is 0 Å². The predicted octanol–water partition coefficient (Wildman–Crippen LogP) is 2.94. The summed E-state index contributed by atoms with van der Waals surface area (Å²) in [5.41, 5.74) is -0.699. The van der Waals surface area contributed by atoms with E-state index in [9.17, 15) is 9.90 Å². The number of carboxylic acids is 1. The molecule has 0 aromatic heterocycles. The maximum Gasteiger partial charge on any atom is 0.323 e. The van der Waals surface area contributed by atoms with Crippen molar-refractivity contribution in [1.82, 2.24) is 5.32 Å². The van der Waals surface area contributed by atoms with Crippen LogP contribution in [-0.2, 0) is 4.79 Å². The molecule has 0 amide bonds. The summed E-state index contributed by atoms with van der Waals surface area (Å²) in [6.07, 6.45) is 10.6. The van der Waals surface area contributed by atoms with Crippen LogP contribution < -0.4 is 5.32 Å². The molecule has 2 rings (SSSR count). The lowest BCUT2D eigenvalue weighted by Crippen LogP contribution is -2.58. The molecule has 0 aromatic carbocycles. The van der Waals surface area contributed by atoms with Crippen LogP contribution in [0.2, 0.25) is 0 Å². The molecule has 2 aliphatic rings. The Morgan fingerprint density at radius 1 is 1.06 bits per heavy atom. The van der Waals surface area contributed by atoms with Crippen LogP contribution in [0.1, 0.15) is 64.7 Å². The van der Waals surface area contributed by atoms with E-state index in [0.717, 1.165) is 25.7 Å². The summed E-state index contributed by atoms with van der Waals surface area (Å²) in [7, 11) is 0. The number of hydrogen-bond donors (Lipinski definition) is 2. The topological polar surface area (TPSA) is 49.3 Å². The van der Waals surface area contributed by atoms with E-state index in [1.54, 1.807) is 0 Å². The summed E-state index contributed by atoms with van der Waals surface area (Å²) in [6.45, 7) is 1.91. The van der Waals surface area contributed by atoms with Crippen molar-refractivity contribution in [3.05, 3.63) is 0 Å². The van der Waals surface area contributed by atoms with Gasteiger partial charge in [0.05, 0.1) is 0 Å². The van der Waals surface area contributed by atoms with Gasteiger partial charge < -0.3 is 5.11 Å².